The summed E-state index contributed by atoms with van der Waals surface area (Å²) in [4.78, 5) is 11.8. The molecule has 1 saturated carbocycles. The fraction of sp³-hybridized carbons (Fsp3) is 0.467. The fourth-order valence-electron chi connectivity index (χ4n) is 2.15. The van der Waals surface area contributed by atoms with E-state index in [-0.39, 0.29) is 11.6 Å². The van der Waals surface area contributed by atoms with E-state index in [1.54, 1.807) is 0 Å². The van der Waals surface area contributed by atoms with Crippen molar-refractivity contribution in [3.8, 4) is 11.4 Å². The molecule has 1 heterocycles. The first-order chi connectivity index (χ1) is 10.4. The van der Waals surface area contributed by atoms with Gasteiger partial charge in [0.25, 0.3) is 0 Å². The van der Waals surface area contributed by atoms with Gasteiger partial charge in [-0.15, -0.1) is 5.10 Å². The average Bonchev–Trinajstić information content (AvgIpc) is 3.15. The van der Waals surface area contributed by atoms with Crippen molar-refractivity contribution >= 4 is 11.7 Å². The van der Waals surface area contributed by atoms with E-state index in [4.69, 9.17) is 0 Å². The number of urea groups is 1. The van der Waals surface area contributed by atoms with Gasteiger partial charge in [0, 0.05) is 16.8 Å². The second-order valence-corrected chi connectivity index (χ2v) is 6.58. The van der Waals surface area contributed by atoms with Crippen molar-refractivity contribution in [3.05, 3.63) is 24.3 Å². The smallest absolute Gasteiger partial charge is 0.319 e. The molecule has 0 saturated heterocycles. The van der Waals surface area contributed by atoms with Gasteiger partial charge in [0.05, 0.1) is 6.04 Å². The SMILES string of the molecule is CC(C)(C)NC(=O)Nc1ccc(-c2nnnn2C2CC2)cc1. The standard InChI is InChI=1S/C15H20N6O/c1-15(2,3)17-14(22)16-11-6-4-10(5-7-11)13-18-19-20-21(13)12-8-9-12/h4-7,12H,8-9H2,1-3H3,(H2,16,17,22). The van der Waals surface area contributed by atoms with E-state index in [2.05, 4.69) is 26.2 Å². The third-order valence-corrected chi connectivity index (χ3v) is 3.28. The van der Waals surface area contributed by atoms with Gasteiger partial charge in [-0.3, -0.25) is 0 Å². The number of nitrogens with zero attached hydrogens (tertiary/aromatic N) is 4. The predicted octanol–water partition coefficient (Wildman–Crippen LogP) is 2.60. The van der Waals surface area contributed by atoms with Crippen molar-refractivity contribution in [1.82, 2.24) is 25.5 Å². The first-order valence-corrected chi connectivity index (χ1v) is 7.40. The minimum atomic E-state index is -0.267. The maximum atomic E-state index is 11.8. The molecule has 2 amide bonds. The van der Waals surface area contributed by atoms with E-state index in [0.717, 1.165) is 29.9 Å². The number of tetrazole rings is 1. The van der Waals surface area contributed by atoms with E-state index in [9.17, 15) is 4.79 Å². The van der Waals surface area contributed by atoms with Crippen molar-refractivity contribution in [2.75, 3.05) is 5.32 Å². The number of benzene rings is 1. The lowest BCUT2D eigenvalue weighted by Gasteiger charge is -2.20. The molecule has 1 aromatic carbocycles. The zero-order chi connectivity index (χ0) is 15.7. The van der Waals surface area contributed by atoms with Crippen LogP contribution in [-0.4, -0.2) is 31.8 Å². The lowest BCUT2D eigenvalue weighted by Crippen LogP contribution is -2.43. The molecule has 1 aliphatic carbocycles. The molecular weight excluding hydrogens is 280 g/mol. The van der Waals surface area contributed by atoms with E-state index in [1.165, 1.54) is 0 Å². The maximum absolute atomic E-state index is 11.8. The summed E-state index contributed by atoms with van der Waals surface area (Å²) in [6.07, 6.45) is 2.26. The average molecular weight is 300 g/mol. The summed E-state index contributed by atoms with van der Waals surface area (Å²) < 4.78 is 1.87. The monoisotopic (exact) mass is 300 g/mol. The predicted molar refractivity (Wildman–Crippen MR) is 83.4 cm³/mol. The van der Waals surface area contributed by atoms with Crippen LogP contribution >= 0.6 is 0 Å². The number of amides is 2. The first-order valence-electron chi connectivity index (χ1n) is 7.40. The lowest BCUT2D eigenvalue weighted by molar-refractivity contribution is 0.244. The van der Waals surface area contributed by atoms with Gasteiger partial charge in [-0.2, -0.15) is 0 Å². The van der Waals surface area contributed by atoms with E-state index >= 15 is 0 Å². The number of anilines is 1. The second-order valence-electron chi connectivity index (χ2n) is 6.58. The highest BCUT2D eigenvalue weighted by Gasteiger charge is 2.28. The zero-order valence-corrected chi connectivity index (χ0v) is 13.0. The Kier molecular flexibility index (Phi) is 3.56. The summed E-state index contributed by atoms with van der Waals surface area (Å²) >= 11 is 0. The molecule has 0 bridgehead atoms. The van der Waals surface area contributed by atoms with Crippen LogP contribution in [-0.2, 0) is 0 Å². The Morgan fingerprint density at radius 3 is 2.50 bits per heavy atom. The fourth-order valence-corrected chi connectivity index (χ4v) is 2.15. The van der Waals surface area contributed by atoms with Crippen LogP contribution < -0.4 is 10.6 Å². The highest BCUT2D eigenvalue weighted by Crippen LogP contribution is 2.36. The Morgan fingerprint density at radius 2 is 1.91 bits per heavy atom. The summed E-state index contributed by atoms with van der Waals surface area (Å²) in [6, 6.07) is 7.74. The number of rotatable bonds is 3. The molecule has 2 aromatic rings. The molecule has 0 radical (unpaired) electrons. The number of carbonyl (C=O) groups excluding carboxylic acids is 1. The number of aromatic nitrogens is 4. The number of hydrogen-bond donors (Lipinski definition) is 2. The van der Waals surface area contributed by atoms with Crippen molar-refractivity contribution in [1.29, 1.82) is 0 Å². The van der Waals surface area contributed by atoms with Crippen LogP contribution in [0.3, 0.4) is 0 Å². The summed E-state index contributed by atoms with van der Waals surface area (Å²) in [5.41, 5.74) is 1.41. The molecule has 1 fully saturated rings. The molecule has 0 spiro atoms. The van der Waals surface area contributed by atoms with Crippen LogP contribution in [0.4, 0.5) is 10.5 Å². The van der Waals surface area contributed by atoms with Crippen LogP contribution in [0.1, 0.15) is 39.7 Å². The van der Waals surface area contributed by atoms with E-state index < -0.39 is 0 Å². The highest BCUT2D eigenvalue weighted by molar-refractivity contribution is 5.89. The normalized spacial score (nSPS) is 14.7. The molecule has 0 unspecified atom stereocenters. The molecule has 2 N–H and O–H groups in total. The van der Waals surface area contributed by atoms with Gasteiger partial charge in [0.2, 0.25) is 0 Å². The summed E-state index contributed by atoms with van der Waals surface area (Å²) in [7, 11) is 0. The third kappa shape index (κ3) is 3.41. The topological polar surface area (TPSA) is 84.7 Å². The Labute approximate surface area is 129 Å². The second kappa shape index (κ2) is 5.40. The molecule has 7 nitrogen and oxygen atoms in total. The Balaban J connectivity index is 1.70. The Morgan fingerprint density at radius 1 is 1.23 bits per heavy atom. The van der Waals surface area contributed by atoms with Crippen molar-refractivity contribution in [2.24, 2.45) is 0 Å². The summed E-state index contributed by atoms with van der Waals surface area (Å²) in [6.45, 7) is 5.81. The minimum Gasteiger partial charge on any atom is -0.333 e. The highest BCUT2D eigenvalue weighted by atomic mass is 16.2. The minimum absolute atomic E-state index is 0.219. The number of carbonyl (C=O) groups is 1. The van der Waals surface area contributed by atoms with Crippen LogP contribution in [0.2, 0.25) is 0 Å². The van der Waals surface area contributed by atoms with Gasteiger partial charge >= 0.3 is 6.03 Å². The molecule has 7 heteroatoms. The molecular formula is C15H20N6O. The van der Waals surface area contributed by atoms with Gasteiger partial charge in [-0.05, 0) is 68.3 Å². The van der Waals surface area contributed by atoms with Crippen LogP contribution in [0.25, 0.3) is 11.4 Å². The first kappa shape index (κ1) is 14.5. The zero-order valence-electron chi connectivity index (χ0n) is 13.0. The van der Waals surface area contributed by atoms with Crippen molar-refractivity contribution in [2.45, 2.75) is 45.2 Å². The van der Waals surface area contributed by atoms with Gasteiger partial charge < -0.3 is 10.6 Å². The molecule has 3 rings (SSSR count). The Bertz CT molecular complexity index is 666. The molecule has 1 aliphatic rings. The molecule has 116 valence electrons. The van der Waals surface area contributed by atoms with Gasteiger partial charge in [-0.25, -0.2) is 9.48 Å². The lowest BCUT2D eigenvalue weighted by atomic mass is 10.1. The number of nitrogens with one attached hydrogen (secondary N) is 2. The summed E-state index contributed by atoms with van der Waals surface area (Å²) in [5.74, 6) is 0.771. The Hall–Kier alpha value is -2.44. The molecule has 0 aliphatic heterocycles. The number of hydrogen-bond acceptors (Lipinski definition) is 4. The molecule has 1 aromatic heterocycles. The van der Waals surface area contributed by atoms with Crippen LogP contribution in [0.5, 0.6) is 0 Å². The van der Waals surface area contributed by atoms with Crippen LogP contribution in [0, 0.1) is 0 Å². The third-order valence-electron chi connectivity index (χ3n) is 3.28. The largest absolute Gasteiger partial charge is 0.333 e. The van der Waals surface area contributed by atoms with Gasteiger partial charge in [-0.1, -0.05) is 0 Å². The molecule has 22 heavy (non-hydrogen) atoms. The quantitative estimate of drug-likeness (QED) is 0.912. The van der Waals surface area contributed by atoms with Crippen molar-refractivity contribution in [3.63, 3.8) is 0 Å². The van der Waals surface area contributed by atoms with Crippen molar-refractivity contribution < 1.29 is 4.79 Å². The summed E-state index contributed by atoms with van der Waals surface area (Å²) in [5, 5.41) is 17.6. The van der Waals surface area contributed by atoms with Gasteiger partial charge in [0.15, 0.2) is 5.82 Å². The van der Waals surface area contributed by atoms with Gasteiger partial charge in [0.1, 0.15) is 0 Å². The van der Waals surface area contributed by atoms with E-state index in [0.29, 0.717) is 6.04 Å². The van der Waals surface area contributed by atoms with Crippen LogP contribution in [0.15, 0.2) is 24.3 Å². The molecule has 0 atom stereocenters. The van der Waals surface area contributed by atoms with E-state index in [1.807, 2.05) is 49.7 Å². The maximum Gasteiger partial charge on any atom is 0.319 e.